The number of rotatable bonds is 2. The van der Waals surface area contributed by atoms with Crippen molar-refractivity contribution in [1.82, 2.24) is 0 Å². The molecule has 0 saturated carbocycles. The molecule has 0 fully saturated rings. The van der Waals surface area contributed by atoms with Crippen LogP contribution in [0.3, 0.4) is 0 Å². The van der Waals surface area contributed by atoms with Gasteiger partial charge in [-0.05, 0) is 31.0 Å². The molecule has 0 atom stereocenters. The Morgan fingerprint density at radius 3 is 2.46 bits per heavy atom. The zero-order valence-corrected chi connectivity index (χ0v) is 8.83. The molecule has 0 aliphatic heterocycles. The minimum atomic E-state index is 1.28. The van der Waals surface area contributed by atoms with E-state index in [-0.39, 0.29) is 0 Å². The van der Waals surface area contributed by atoms with Gasteiger partial charge in [0.2, 0.25) is 0 Å². The highest BCUT2D eigenvalue weighted by Crippen LogP contribution is 2.21. The maximum atomic E-state index is 2.20. The van der Waals surface area contributed by atoms with Crippen LogP contribution in [-0.4, -0.2) is 14.1 Å². The molecule has 0 radical (unpaired) electrons. The fraction of sp³-hybridized carbons (Fsp3) is 0.333. The Kier molecular flexibility index (Phi) is 3.13. The summed E-state index contributed by atoms with van der Waals surface area (Å²) in [7, 11) is 4.14. The Balaban J connectivity index is 3.18. The van der Waals surface area contributed by atoms with Gasteiger partial charge in [0.05, 0.1) is 0 Å². The molecule has 1 nitrogen and oxygen atoms in total. The Labute approximate surface area is 80.7 Å². The second-order valence-electron chi connectivity index (χ2n) is 3.46. The van der Waals surface area contributed by atoms with Crippen LogP contribution < -0.4 is 4.90 Å². The minimum absolute atomic E-state index is 1.28. The van der Waals surface area contributed by atoms with Crippen molar-refractivity contribution in [3.8, 4) is 0 Å². The van der Waals surface area contributed by atoms with E-state index >= 15 is 0 Å². The summed E-state index contributed by atoms with van der Waals surface area (Å²) in [5.74, 6) is 0. The summed E-state index contributed by atoms with van der Waals surface area (Å²) in [4.78, 5) is 2.14. The fourth-order valence-corrected chi connectivity index (χ4v) is 1.36. The maximum absolute atomic E-state index is 2.20. The van der Waals surface area contributed by atoms with Crippen molar-refractivity contribution in [3.05, 3.63) is 35.4 Å². The van der Waals surface area contributed by atoms with E-state index in [0.717, 1.165) is 0 Å². The molecule has 0 unspecified atom stereocenters. The summed E-state index contributed by atoms with van der Waals surface area (Å²) in [6.45, 7) is 4.16. The standard InChI is InChI=1S/C12H17N/c1-5-6-11-8-7-10(2)9-12(11)13(3)4/h5-9H,1-4H3. The van der Waals surface area contributed by atoms with E-state index in [1.807, 2.05) is 6.92 Å². The molecule has 1 rings (SSSR count). The van der Waals surface area contributed by atoms with Gasteiger partial charge in [-0.3, -0.25) is 0 Å². The number of aryl methyl sites for hydroxylation is 1. The van der Waals surface area contributed by atoms with Crippen LogP contribution in [-0.2, 0) is 0 Å². The number of allylic oxidation sites excluding steroid dienone is 1. The molecule has 13 heavy (non-hydrogen) atoms. The zero-order valence-electron chi connectivity index (χ0n) is 8.83. The molecule has 1 aromatic rings. The quantitative estimate of drug-likeness (QED) is 0.667. The second-order valence-corrected chi connectivity index (χ2v) is 3.46. The van der Waals surface area contributed by atoms with Crippen molar-refractivity contribution in [2.24, 2.45) is 0 Å². The molecule has 0 aliphatic rings. The molecule has 1 aromatic carbocycles. The van der Waals surface area contributed by atoms with E-state index in [4.69, 9.17) is 0 Å². The lowest BCUT2D eigenvalue weighted by Gasteiger charge is -2.16. The first-order valence-corrected chi connectivity index (χ1v) is 4.56. The maximum Gasteiger partial charge on any atom is 0.0437 e. The molecular formula is C12H17N. The van der Waals surface area contributed by atoms with Crippen LogP contribution in [0.25, 0.3) is 6.08 Å². The third kappa shape index (κ3) is 2.35. The molecule has 0 N–H and O–H groups in total. The summed E-state index contributed by atoms with van der Waals surface area (Å²) in [6.07, 6.45) is 4.20. The lowest BCUT2D eigenvalue weighted by molar-refractivity contribution is 1.12. The van der Waals surface area contributed by atoms with Gasteiger partial charge in [0, 0.05) is 19.8 Å². The van der Waals surface area contributed by atoms with Crippen molar-refractivity contribution < 1.29 is 0 Å². The SMILES string of the molecule is CC=Cc1ccc(C)cc1N(C)C. The third-order valence-electron chi connectivity index (χ3n) is 2.01. The van der Waals surface area contributed by atoms with Gasteiger partial charge in [-0.1, -0.05) is 24.3 Å². The first-order chi connectivity index (χ1) is 6.15. The molecule has 0 heterocycles. The largest absolute Gasteiger partial charge is 0.377 e. The highest BCUT2D eigenvalue weighted by molar-refractivity contribution is 5.67. The van der Waals surface area contributed by atoms with Gasteiger partial charge in [0.15, 0.2) is 0 Å². The van der Waals surface area contributed by atoms with Gasteiger partial charge in [-0.15, -0.1) is 0 Å². The summed E-state index contributed by atoms with van der Waals surface area (Å²) >= 11 is 0. The molecule has 0 aliphatic carbocycles. The average molecular weight is 175 g/mol. The van der Waals surface area contributed by atoms with E-state index in [0.29, 0.717) is 0 Å². The molecule has 0 aromatic heterocycles. The Hall–Kier alpha value is -1.24. The smallest absolute Gasteiger partial charge is 0.0437 e. The van der Waals surface area contributed by atoms with Gasteiger partial charge in [0.25, 0.3) is 0 Å². The number of benzene rings is 1. The van der Waals surface area contributed by atoms with E-state index in [2.05, 4.69) is 56.3 Å². The van der Waals surface area contributed by atoms with Crippen LogP contribution in [0.1, 0.15) is 18.1 Å². The lowest BCUT2D eigenvalue weighted by Crippen LogP contribution is -2.10. The van der Waals surface area contributed by atoms with Crippen molar-refractivity contribution >= 4 is 11.8 Å². The first-order valence-electron chi connectivity index (χ1n) is 4.56. The fourth-order valence-electron chi connectivity index (χ4n) is 1.36. The summed E-state index contributed by atoms with van der Waals surface area (Å²) < 4.78 is 0. The second kappa shape index (κ2) is 4.13. The van der Waals surface area contributed by atoms with Gasteiger partial charge in [-0.25, -0.2) is 0 Å². The van der Waals surface area contributed by atoms with Crippen LogP contribution in [0, 0.1) is 6.92 Å². The predicted molar refractivity (Wildman–Crippen MR) is 60.2 cm³/mol. The predicted octanol–water partition coefficient (Wildman–Crippen LogP) is 3.09. The first kappa shape index (κ1) is 9.85. The van der Waals surface area contributed by atoms with Crippen LogP contribution in [0.15, 0.2) is 24.3 Å². The van der Waals surface area contributed by atoms with Crippen molar-refractivity contribution in [2.75, 3.05) is 19.0 Å². The number of hydrogen-bond acceptors (Lipinski definition) is 1. The molecule has 70 valence electrons. The highest BCUT2D eigenvalue weighted by Gasteiger charge is 2.00. The van der Waals surface area contributed by atoms with Gasteiger partial charge >= 0.3 is 0 Å². The molecule has 0 spiro atoms. The Morgan fingerprint density at radius 1 is 1.23 bits per heavy atom. The number of nitrogens with zero attached hydrogens (tertiary/aromatic N) is 1. The van der Waals surface area contributed by atoms with E-state index in [9.17, 15) is 0 Å². The number of hydrogen-bond donors (Lipinski definition) is 0. The minimum Gasteiger partial charge on any atom is -0.377 e. The Morgan fingerprint density at radius 2 is 1.92 bits per heavy atom. The van der Waals surface area contributed by atoms with Gasteiger partial charge in [-0.2, -0.15) is 0 Å². The normalized spacial score (nSPS) is 10.8. The van der Waals surface area contributed by atoms with Gasteiger partial charge in [0.1, 0.15) is 0 Å². The van der Waals surface area contributed by atoms with Crippen LogP contribution in [0.5, 0.6) is 0 Å². The van der Waals surface area contributed by atoms with E-state index < -0.39 is 0 Å². The molecular weight excluding hydrogens is 158 g/mol. The van der Waals surface area contributed by atoms with E-state index in [1.165, 1.54) is 16.8 Å². The number of anilines is 1. The molecule has 0 bridgehead atoms. The summed E-state index contributed by atoms with van der Waals surface area (Å²) in [5.41, 5.74) is 3.85. The van der Waals surface area contributed by atoms with Crippen LogP contribution in [0.2, 0.25) is 0 Å². The molecule has 1 heteroatoms. The molecule has 0 saturated heterocycles. The van der Waals surface area contributed by atoms with Gasteiger partial charge < -0.3 is 4.90 Å². The summed E-state index contributed by atoms with van der Waals surface area (Å²) in [6, 6.07) is 6.50. The monoisotopic (exact) mass is 175 g/mol. The zero-order chi connectivity index (χ0) is 9.84. The van der Waals surface area contributed by atoms with Crippen LogP contribution in [0.4, 0.5) is 5.69 Å². The molecule has 0 amide bonds. The Bertz CT molecular complexity index is 311. The highest BCUT2D eigenvalue weighted by atomic mass is 15.1. The topological polar surface area (TPSA) is 3.24 Å². The third-order valence-corrected chi connectivity index (χ3v) is 2.01. The van der Waals surface area contributed by atoms with E-state index in [1.54, 1.807) is 0 Å². The lowest BCUT2D eigenvalue weighted by atomic mass is 10.1. The average Bonchev–Trinajstić information content (AvgIpc) is 2.08. The van der Waals surface area contributed by atoms with Crippen molar-refractivity contribution in [1.29, 1.82) is 0 Å². The van der Waals surface area contributed by atoms with Crippen LogP contribution >= 0.6 is 0 Å². The van der Waals surface area contributed by atoms with Crippen molar-refractivity contribution in [3.63, 3.8) is 0 Å². The van der Waals surface area contributed by atoms with Crippen molar-refractivity contribution in [2.45, 2.75) is 13.8 Å². The summed E-state index contributed by atoms with van der Waals surface area (Å²) in [5, 5.41) is 0.